The van der Waals surface area contributed by atoms with Crippen molar-refractivity contribution in [1.82, 2.24) is 19.5 Å². The molecule has 2 aromatic heterocycles. The van der Waals surface area contributed by atoms with E-state index in [0.717, 1.165) is 35.9 Å². The number of carboxylic acid groups (broad SMARTS) is 1. The van der Waals surface area contributed by atoms with Crippen LogP contribution in [0.2, 0.25) is 0 Å². The Bertz CT molecular complexity index is 1390. The number of nitrogens with one attached hydrogen (secondary N) is 1. The van der Waals surface area contributed by atoms with Gasteiger partial charge in [-0.25, -0.2) is 24.2 Å². The third kappa shape index (κ3) is 6.41. The first-order valence-corrected chi connectivity index (χ1v) is 13.5. The summed E-state index contributed by atoms with van der Waals surface area (Å²) in [6, 6.07) is 9.59. The zero-order valence-electron chi connectivity index (χ0n) is 23.3. The van der Waals surface area contributed by atoms with Gasteiger partial charge in [0.25, 0.3) is 5.91 Å². The number of aromatic nitrogens is 3. The normalized spacial score (nSPS) is 15.8. The second kappa shape index (κ2) is 11.8. The van der Waals surface area contributed by atoms with Crippen molar-refractivity contribution in [3.63, 3.8) is 0 Å². The van der Waals surface area contributed by atoms with Crippen molar-refractivity contribution in [2.75, 3.05) is 17.7 Å². The number of amides is 2. The van der Waals surface area contributed by atoms with Gasteiger partial charge in [0, 0.05) is 23.9 Å². The second-order valence-electron chi connectivity index (χ2n) is 10.8. The molecule has 1 aromatic carbocycles. The zero-order valence-corrected chi connectivity index (χ0v) is 23.3. The summed E-state index contributed by atoms with van der Waals surface area (Å²) in [5, 5.41) is 12.8. The Hall–Kier alpha value is -4.41. The maximum atomic E-state index is 13.1. The van der Waals surface area contributed by atoms with E-state index in [4.69, 9.17) is 10.6 Å². The molecule has 0 radical (unpaired) electrons. The highest BCUT2D eigenvalue weighted by Gasteiger charge is 2.35. The number of anilines is 1. The predicted molar refractivity (Wildman–Crippen MR) is 150 cm³/mol. The van der Waals surface area contributed by atoms with Crippen molar-refractivity contribution in [2.24, 2.45) is 0 Å². The van der Waals surface area contributed by atoms with E-state index in [0.29, 0.717) is 29.9 Å². The van der Waals surface area contributed by atoms with Gasteiger partial charge >= 0.3 is 12.1 Å². The number of pyridine rings is 1. The van der Waals surface area contributed by atoms with Crippen LogP contribution in [0.3, 0.4) is 0 Å². The number of carbonyl (C=O) groups excluding carboxylic acids is 2. The number of nitrogen functional groups attached to an aromatic ring is 1. The summed E-state index contributed by atoms with van der Waals surface area (Å²) < 4.78 is 6.69. The van der Waals surface area contributed by atoms with Crippen molar-refractivity contribution in [3.05, 3.63) is 65.2 Å². The summed E-state index contributed by atoms with van der Waals surface area (Å²) in [5.74, 6) is 5.45. The van der Waals surface area contributed by atoms with Crippen molar-refractivity contribution in [1.29, 1.82) is 0 Å². The molecule has 1 atom stereocenters. The van der Waals surface area contributed by atoms with Gasteiger partial charge in [-0.3, -0.25) is 9.69 Å². The topological polar surface area (TPSA) is 153 Å². The van der Waals surface area contributed by atoms with Crippen LogP contribution in [0.25, 0.3) is 11.3 Å². The predicted octanol–water partition coefficient (Wildman–Crippen LogP) is 5.02. The maximum absolute atomic E-state index is 13.1. The lowest BCUT2D eigenvalue weighted by atomic mass is 10.1. The third-order valence-electron chi connectivity index (χ3n) is 6.71. The van der Waals surface area contributed by atoms with E-state index in [9.17, 15) is 19.5 Å². The van der Waals surface area contributed by atoms with Gasteiger partial charge in [0.1, 0.15) is 17.1 Å². The minimum absolute atomic E-state index is 0.155. The molecule has 40 heavy (non-hydrogen) atoms. The molecule has 1 unspecified atom stereocenters. The van der Waals surface area contributed by atoms with E-state index in [2.05, 4.69) is 15.3 Å². The molecular weight excluding hydrogens is 512 g/mol. The van der Waals surface area contributed by atoms with Gasteiger partial charge < -0.3 is 21.0 Å². The number of imidazole rings is 1. The van der Waals surface area contributed by atoms with Gasteiger partial charge in [0.15, 0.2) is 11.5 Å². The number of likely N-dealkylation sites (tertiary alicyclic amines) is 1. The molecule has 212 valence electrons. The fourth-order valence-electron chi connectivity index (χ4n) is 4.74. The third-order valence-corrected chi connectivity index (χ3v) is 6.71. The van der Waals surface area contributed by atoms with Crippen LogP contribution in [0, 0.1) is 0 Å². The van der Waals surface area contributed by atoms with Crippen LogP contribution >= 0.6 is 0 Å². The van der Waals surface area contributed by atoms with E-state index in [1.165, 1.54) is 0 Å². The van der Waals surface area contributed by atoms with Crippen molar-refractivity contribution >= 4 is 23.8 Å². The molecule has 0 aliphatic carbocycles. The van der Waals surface area contributed by atoms with E-state index in [1.54, 1.807) is 56.1 Å². The van der Waals surface area contributed by atoms with Gasteiger partial charge in [0.2, 0.25) is 0 Å². The number of nitrogens with two attached hydrogens (primary N) is 1. The maximum Gasteiger partial charge on any atom is 0.410 e. The highest BCUT2D eigenvalue weighted by atomic mass is 16.6. The van der Waals surface area contributed by atoms with E-state index < -0.39 is 23.7 Å². The molecule has 2 amide bonds. The number of carbonyl (C=O) groups is 3. The van der Waals surface area contributed by atoms with E-state index >= 15 is 0 Å². The van der Waals surface area contributed by atoms with Crippen LogP contribution in [-0.4, -0.2) is 54.8 Å². The number of ether oxygens (including phenoxy) is 1. The fraction of sp³-hybridized carbons (Fsp3) is 0.414. The van der Waals surface area contributed by atoms with Crippen LogP contribution in [0.5, 0.6) is 0 Å². The molecule has 11 heteroatoms. The molecule has 4 rings (SSSR count). The van der Waals surface area contributed by atoms with Crippen LogP contribution < -0.4 is 11.2 Å². The molecule has 4 N–H and O–H groups in total. The SMILES string of the molecule is CCc1ccnc(NC(=O)c2ccc(-c3nc(C4CCCCCN4C(=O)OC(C)(C)C)n(N)c3C(=O)O)cc2)c1. The van der Waals surface area contributed by atoms with Crippen molar-refractivity contribution in [2.45, 2.75) is 71.4 Å². The van der Waals surface area contributed by atoms with Gasteiger partial charge in [-0.05, 0) is 69.9 Å². The molecular formula is C29H36N6O5. The summed E-state index contributed by atoms with van der Waals surface area (Å²) in [6.07, 6.45) is 5.08. The number of hydrogen-bond donors (Lipinski definition) is 3. The second-order valence-corrected chi connectivity index (χ2v) is 10.8. The summed E-state index contributed by atoms with van der Waals surface area (Å²) >= 11 is 0. The highest BCUT2D eigenvalue weighted by Crippen LogP contribution is 2.34. The van der Waals surface area contributed by atoms with Crippen molar-refractivity contribution < 1.29 is 24.2 Å². The van der Waals surface area contributed by atoms with Crippen molar-refractivity contribution in [3.8, 4) is 11.3 Å². The Morgan fingerprint density at radius 3 is 2.50 bits per heavy atom. The summed E-state index contributed by atoms with van der Waals surface area (Å²) in [7, 11) is 0. The first kappa shape index (κ1) is 28.6. The monoisotopic (exact) mass is 548 g/mol. The first-order chi connectivity index (χ1) is 19.0. The van der Waals surface area contributed by atoms with Crippen LogP contribution in [-0.2, 0) is 11.2 Å². The molecule has 0 saturated carbocycles. The largest absolute Gasteiger partial charge is 0.476 e. The number of carboxylic acids is 1. The number of rotatable bonds is 6. The number of hydrogen-bond acceptors (Lipinski definition) is 7. The van der Waals surface area contributed by atoms with Crippen LogP contribution in [0.15, 0.2) is 42.6 Å². The molecule has 1 aliphatic heterocycles. The Kier molecular flexibility index (Phi) is 8.41. The van der Waals surface area contributed by atoms with E-state index in [-0.39, 0.29) is 23.1 Å². The minimum Gasteiger partial charge on any atom is -0.476 e. The van der Waals surface area contributed by atoms with Gasteiger partial charge in [0.05, 0.1) is 6.04 Å². The highest BCUT2D eigenvalue weighted by molar-refractivity contribution is 6.04. The quantitative estimate of drug-likeness (QED) is 0.363. The lowest BCUT2D eigenvalue weighted by Gasteiger charge is -2.31. The molecule has 1 aliphatic rings. The summed E-state index contributed by atoms with van der Waals surface area (Å²) in [6.45, 7) is 7.86. The smallest absolute Gasteiger partial charge is 0.410 e. The summed E-state index contributed by atoms with van der Waals surface area (Å²) in [4.78, 5) is 48.6. The Morgan fingerprint density at radius 1 is 1.12 bits per heavy atom. The molecule has 0 bridgehead atoms. The standard InChI is InChI=1S/C29H36N6O5/c1-5-18-14-15-31-22(17-18)32-26(36)20-12-10-19(11-13-20)23-24(27(37)38)35(30)25(33-23)21-9-7-6-8-16-34(21)28(39)40-29(2,3)4/h10-15,17,21H,5-9,16,30H2,1-4H3,(H,37,38)(H,31,32,36). The van der Waals surface area contributed by atoms with Gasteiger partial charge in [-0.15, -0.1) is 0 Å². The number of aromatic carboxylic acids is 1. The minimum atomic E-state index is -1.25. The molecule has 3 heterocycles. The van der Waals surface area contributed by atoms with E-state index in [1.807, 2.05) is 19.1 Å². The van der Waals surface area contributed by atoms with Gasteiger partial charge in [-0.2, -0.15) is 0 Å². The molecule has 0 spiro atoms. The number of benzene rings is 1. The number of nitrogens with zero attached hydrogens (tertiary/aromatic N) is 4. The number of aryl methyl sites for hydroxylation is 1. The zero-order chi connectivity index (χ0) is 29.0. The molecule has 1 saturated heterocycles. The average molecular weight is 549 g/mol. The lowest BCUT2D eigenvalue weighted by Crippen LogP contribution is -2.40. The first-order valence-electron chi connectivity index (χ1n) is 13.5. The summed E-state index contributed by atoms with van der Waals surface area (Å²) in [5.41, 5.74) is 1.16. The Morgan fingerprint density at radius 2 is 1.85 bits per heavy atom. The lowest BCUT2D eigenvalue weighted by molar-refractivity contribution is 0.0153. The van der Waals surface area contributed by atoms with Crippen LogP contribution in [0.1, 0.15) is 91.7 Å². The Balaban J connectivity index is 1.64. The molecule has 3 aromatic rings. The fourth-order valence-corrected chi connectivity index (χ4v) is 4.74. The van der Waals surface area contributed by atoms with Crippen LogP contribution in [0.4, 0.5) is 10.6 Å². The van der Waals surface area contributed by atoms with Gasteiger partial charge in [-0.1, -0.05) is 31.9 Å². The molecule has 11 nitrogen and oxygen atoms in total. The average Bonchev–Trinajstić information content (AvgIpc) is 3.07. The molecule has 1 fully saturated rings. The Labute approximate surface area is 233 Å².